The third-order valence-corrected chi connectivity index (χ3v) is 4.98. The Morgan fingerprint density at radius 2 is 2.22 bits per heavy atom. The number of thioether (sulfide) groups is 1. The Balaban J connectivity index is 2.33. The molecule has 128 valence electrons. The number of methoxy groups -OCH3 is 1. The van der Waals surface area contributed by atoms with Gasteiger partial charge in [-0.3, -0.25) is 15.2 Å². The van der Waals surface area contributed by atoms with Gasteiger partial charge in [-0.25, -0.2) is 0 Å². The largest absolute Gasteiger partial charge is 0.385 e. The third-order valence-electron chi connectivity index (χ3n) is 2.89. The number of nitrogens with zero attached hydrogens (tertiary/aromatic N) is 1. The van der Waals surface area contributed by atoms with Crippen LogP contribution in [0.5, 0.6) is 0 Å². The van der Waals surface area contributed by atoms with Gasteiger partial charge in [-0.15, -0.1) is 11.8 Å². The molecule has 1 aromatic carbocycles. The summed E-state index contributed by atoms with van der Waals surface area (Å²) < 4.78 is 6.00. The number of hydrazine groups is 1. The molecule has 0 aromatic heterocycles. The summed E-state index contributed by atoms with van der Waals surface area (Å²) in [5.41, 5.74) is 3.89. The van der Waals surface area contributed by atoms with Crippen LogP contribution < -0.4 is 10.7 Å². The van der Waals surface area contributed by atoms with Crippen molar-refractivity contribution in [3.8, 4) is 0 Å². The molecule has 0 aliphatic carbocycles. The number of aryl methyl sites for hydroxylation is 1. The first-order chi connectivity index (χ1) is 10.9. The minimum absolute atomic E-state index is 0.0964. The number of hydrogen-bond acceptors (Lipinski definition) is 4. The predicted octanol–water partition coefficient (Wildman–Crippen LogP) is 2.72. The van der Waals surface area contributed by atoms with E-state index >= 15 is 0 Å². The Bertz CT molecular complexity index is 543. The summed E-state index contributed by atoms with van der Waals surface area (Å²) in [6.45, 7) is 3.41. The van der Waals surface area contributed by atoms with E-state index in [1.807, 2.05) is 25.1 Å². The lowest BCUT2D eigenvalue weighted by atomic mass is 10.2. The van der Waals surface area contributed by atoms with Crippen LogP contribution in [0.3, 0.4) is 0 Å². The lowest BCUT2D eigenvalue weighted by Crippen LogP contribution is -2.48. The number of amides is 1. The molecule has 2 N–H and O–H groups in total. The molecule has 0 saturated heterocycles. The summed E-state index contributed by atoms with van der Waals surface area (Å²) >= 11 is 10.1. The van der Waals surface area contributed by atoms with E-state index in [4.69, 9.17) is 17.0 Å². The molecule has 0 unspecified atom stereocenters. The van der Waals surface area contributed by atoms with Gasteiger partial charge < -0.3 is 10.1 Å². The van der Waals surface area contributed by atoms with Gasteiger partial charge in [0.05, 0.1) is 5.75 Å². The van der Waals surface area contributed by atoms with E-state index in [-0.39, 0.29) is 5.91 Å². The molecule has 0 aliphatic heterocycles. The van der Waals surface area contributed by atoms with Crippen LogP contribution in [0, 0.1) is 6.92 Å². The maximum Gasteiger partial charge on any atom is 0.248 e. The zero-order valence-corrected chi connectivity index (χ0v) is 16.7. The van der Waals surface area contributed by atoms with Gasteiger partial charge in [0.15, 0.2) is 5.11 Å². The normalized spacial score (nSPS) is 10.3. The Labute approximate surface area is 155 Å². The molecular weight excluding hydrogens is 398 g/mol. The van der Waals surface area contributed by atoms with Gasteiger partial charge in [-0.2, -0.15) is 0 Å². The van der Waals surface area contributed by atoms with Crippen LogP contribution in [-0.4, -0.2) is 49.1 Å². The molecule has 0 radical (unpaired) electrons. The third kappa shape index (κ3) is 8.01. The first-order valence-electron chi connectivity index (χ1n) is 7.13. The van der Waals surface area contributed by atoms with Gasteiger partial charge in [0.25, 0.3) is 0 Å². The van der Waals surface area contributed by atoms with Gasteiger partial charge in [0, 0.05) is 36.7 Å². The van der Waals surface area contributed by atoms with Crippen LogP contribution in [0.4, 0.5) is 0 Å². The van der Waals surface area contributed by atoms with E-state index in [0.29, 0.717) is 24.0 Å². The molecule has 1 rings (SSSR count). The molecule has 0 heterocycles. The summed E-state index contributed by atoms with van der Waals surface area (Å²) in [5, 5.41) is 5.08. The number of carbonyl (C=O) groups excluding carboxylic acids is 1. The molecule has 0 fully saturated rings. The number of nitrogens with one attached hydrogen (secondary N) is 2. The van der Waals surface area contributed by atoms with Crippen LogP contribution in [0.1, 0.15) is 12.0 Å². The Morgan fingerprint density at radius 1 is 1.48 bits per heavy atom. The number of ether oxygens (including phenoxy) is 1. The number of thiocarbonyl (C=S) groups is 1. The first-order valence-corrected chi connectivity index (χ1v) is 9.31. The van der Waals surface area contributed by atoms with Crippen LogP contribution in [0.2, 0.25) is 0 Å². The van der Waals surface area contributed by atoms with Gasteiger partial charge in [0.1, 0.15) is 0 Å². The van der Waals surface area contributed by atoms with Crippen LogP contribution >= 0.6 is 39.9 Å². The number of halogens is 1. The highest BCUT2D eigenvalue weighted by Crippen LogP contribution is 2.25. The van der Waals surface area contributed by atoms with E-state index in [1.165, 1.54) is 16.8 Å². The van der Waals surface area contributed by atoms with E-state index in [0.717, 1.165) is 21.4 Å². The fourth-order valence-corrected chi connectivity index (χ4v) is 3.14. The molecule has 1 amide bonds. The van der Waals surface area contributed by atoms with Crippen molar-refractivity contribution in [1.29, 1.82) is 0 Å². The first kappa shape index (κ1) is 20.2. The summed E-state index contributed by atoms with van der Waals surface area (Å²) in [7, 11) is 3.38. The quantitative estimate of drug-likeness (QED) is 0.306. The van der Waals surface area contributed by atoms with E-state index in [9.17, 15) is 4.79 Å². The van der Waals surface area contributed by atoms with Crippen molar-refractivity contribution in [2.24, 2.45) is 0 Å². The molecule has 0 saturated carbocycles. The van der Waals surface area contributed by atoms with Crippen molar-refractivity contribution in [3.63, 3.8) is 0 Å². The summed E-state index contributed by atoms with van der Waals surface area (Å²) in [6, 6.07) is 6.01. The fourth-order valence-electron chi connectivity index (χ4n) is 1.72. The van der Waals surface area contributed by atoms with E-state index in [1.54, 1.807) is 14.2 Å². The average Bonchev–Trinajstić information content (AvgIpc) is 2.50. The molecular formula is C15H22BrN3O2S2. The van der Waals surface area contributed by atoms with Gasteiger partial charge in [-0.05, 0) is 49.3 Å². The van der Waals surface area contributed by atoms with Crippen molar-refractivity contribution >= 4 is 50.9 Å². The zero-order valence-electron chi connectivity index (χ0n) is 13.5. The van der Waals surface area contributed by atoms with Crippen molar-refractivity contribution < 1.29 is 9.53 Å². The van der Waals surface area contributed by atoms with Crippen molar-refractivity contribution in [3.05, 3.63) is 28.2 Å². The van der Waals surface area contributed by atoms with Crippen LogP contribution in [0.25, 0.3) is 0 Å². The Kier molecular flexibility index (Phi) is 9.54. The average molecular weight is 420 g/mol. The highest BCUT2D eigenvalue weighted by molar-refractivity contribution is 9.10. The molecule has 5 nitrogen and oxygen atoms in total. The highest BCUT2D eigenvalue weighted by atomic mass is 79.9. The molecule has 0 bridgehead atoms. The lowest BCUT2D eigenvalue weighted by molar-refractivity contribution is -0.121. The van der Waals surface area contributed by atoms with Crippen LogP contribution in [-0.2, 0) is 9.53 Å². The second kappa shape index (κ2) is 10.9. The molecule has 0 spiro atoms. The number of carbonyl (C=O) groups is 1. The Hall–Kier alpha value is -0.830. The minimum Gasteiger partial charge on any atom is -0.385 e. The smallest absolute Gasteiger partial charge is 0.248 e. The van der Waals surface area contributed by atoms with Gasteiger partial charge in [0.2, 0.25) is 5.91 Å². The lowest BCUT2D eigenvalue weighted by Gasteiger charge is -2.21. The highest BCUT2D eigenvalue weighted by Gasteiger charge is 2.09. The molecule has 23 heavy (non-hydrogen) atoms. The predicted molar refractivity (Wildman–Crippen MR) is 103 cm³/mol. The van der Waals surface area contributed by atoms with Crippen molar-refractivity contribution in [1.82, 2.24) is 15.8 Å². The molecule has 0 aliphatic rings. The van der Waals surface area contributed by atoms with E-state index in [2.05, 4.69) is 26.7 Å². The molecule has 1 aromatic rings. The second-order valence-corrected chi connectivity index (χ2v) is 7.19. The number of hydrogen-bond donors (Lipinski definition) is 2. The maximum atomic E-state index is 12.0. The molecule has 8 heteroatoms. The van der Waals surface area contributed by atoms with Gasteiger partial charge >= 0.3 is 0 Å². The summed E-state index contributed by atoms with van der Waals surface area (Å²) in [4.78, 5) is 13.1. The van der Waals surface area contributed by atoms with Crippen molar-refractivity contribution in [2.75, 3.05) is 33.1 Å². The van der Waals surface area contributed by atoms with E-state index < -0.39 is 0 Å². The van der Waals surface area contributed by atoms with Crippen LogP contribution in [0.15, 0.2) is 27.6 Å². The SMILES string of the molecule is COCCCNC(=S)N(C)NC(=O)CSc1ccc(Br)cc1C. The number of rotatable bonds is 7. The van der Waals surface area contributed by atoms with Gasteiger partial charge in [-0.1, -0.05) is 15.9 Å². The second-order valence-electron chi connectivity index (χ2n) is 4.87. The van der Waals surface area contributed by atoms with Crippen molar-refractivity contribution in [2.45, 2.75) is 18.2 Å². The maximum absolute atomic E-state index is 12.0. The topological polar surface area (TPSA) is 53.6 Å². The standard InChI is InChI=1S/C15H22BrN3O2S2/c1-11-9-12(16)5-6-13(11)23-10-14(20)18-19(2)15(22)17-7-4-8-21-3/h5-6,9H,4,7-8,10H2,1-3H3,(H,17,22)(H,18,20). The molecule has 0 atom stereocenters. The number of benzene rings is 1. The fraction of sp³-hybridized carbons (Fsp3) is 0.467. The Morgan fingerprint density at radius 3 is 2.87 bits per heavy atom. The summed E-state index contributed by atoms with van der Waals surface area (Å²) in [6.07, 6.45) is 0.858. The summed E-state index contributed by atoms with van der Waals surface area (Å²) in [5.74, 6) is 0.236. The zero-order chi connectivity index (χ0) is 17.2. The monoisotopic (exact) mass is 419 g/mol. The minimum atomic E-state index is -0.0964.